The molecule has 17 heavy (non-hydrogen) atoms. The van der Waals surface area contributed by atoms with Gasteiger partial charge >= 0.3 is 0 Å². The molecule has 1 aliphatic heterocycles. The Labute approximate surface area is 104 Å². The van der Waals surface area contributed by atoms with E-state index in [-0.39, 0.29) is 17.6 Å². The van der Waals surface area contributed by atoms with Crippen LogP contribution < -0.4 is 10.6 Å². The number of methoxy groups -OCH3 is 1. The van der Waals surface area contributed by atoms with Crippen molar-refractivity contribution in [3.05, 3.63) is 0 Å². The van der Waals surface area contributed by atoms with E-state index in [0.717, 1.165) is 32.2 Å². The van der Waals surface area contributed by atoms with Crippen molar-refractivity contribution >= 4 is 5.91 Å². The van der Waals surface area contributed by atoms with Gasteiger partial charge in [-0.3, -0.25) is 4.79 Å². The molecule has 1 saturated heterocycles. The molecule has 0 aromatic heterocycles. The van der Waals surface area contributed by atoms with Crippen molar-refractivity contribution in [2.45, 2.75) is 51.2 Å². The minimum atomic E-state index is -0.0482. The second kappa shape index (κ2) is 6.36. The molecule has 0 aromatic rings. The van der Waals surface area contributed by atoms with Crippen LogP contribution in [0.15, 0.2) is 0 Å². The maximum atomic E-state index is 11.6. The molecule has 0 aromatic carbocycles. The molecule has 0 spiro atoms. The summed E-state index contributed by atoms with van der Waals surface area (Å²) in [6.45, 7) is 5.17. The third kappa shape index (κ3) is 4.64. The third-order valence-corrected chi connectivity index (χ3v) is 3.78. The molecule has 0 bridgehead atoms. The van der Waals surface area contributed by atoms with Crippen LogP contribution in [0.25, 0.3) is 0 Å². The lowest BCUT2D eigenvalue weighted by Crippen LogP contribution is -2.48. The van der Waals surface area contributed by atoms with Crippen LogP contribution in [0.3, 0.4) is 0 Å². The van der Waals surface area contributed by atoms with Crippen LogP contribution in [0.2, 0.25) is 0 Å². The standard InChI is InChI=1S/C13H26N2O2/c1-13(2,17-4)7-5-10-6-8-15-11(9-10)12(16)14-3/h10-11,15H,5-9H2,1-4H3,(H,14,16). The Hall–Kier alpha value is -0.610. The summed E-state index contributed by atoms with van der Waals surface area (Å²) in [6, 6.07) is -0.00981. The van der Waals surface area contributed by atoms with Gasteiger partial charge in [0.15, 0.2) is 0 Å². The summed E-state index contributed by atoms with van der Waals surface area (Å²) in [7, 11) is 3.46. The zero-order valence-corrected chi connectivity index (χ0v) is 11.5. The molecule has 1 amide bonds. The number of hydrogen-bond acceptors (Lipinski definition) is 3. The summed E-state index contributed by atoms with van der Waals surface area (Å²) < 4.78 is 5.43. The maximum Gasteiger partial charge on any atom is 0.236 e. The van der Waals surface area contributed by atoms with Gasteiger partial charge in [0.25, 0.3) is 0 Å². The van der Waals surface area contributed by atoms with Crippen LogP contribution in [0.4, 0.5) is 0 Å². The largest absolute Gasteiger partial charge is 0.379 e. The van der Waals surface area contributed by atoms with E-state index in [1.165, 1.54) is 0 Å². The number of likely N-dealkylation sites (N-methyl/N-ethyl adjacent to an activating group) is 1. The lowest BCUT2D eigenvalue weighted by Gasteiger charge is -2.31. The molecule has 2 N–H and O–H groups in total. The van der Waals surface area contributed by atoms with Crippen LogP contribution in [0.5, 0.6) is 0 Å². The molecule has 4 heteroatoms. The summed E-state index contributed by atoms with van der Waals surface area (Å²) in [6.07, 6.45) is 4.29. The highest BCUT2D eigenvalue weighted by atomic mass is 16.5. The molecule has 1 heterocycles. The molecular weight excluding hydrogens is 216 g/mol. The quantitative estimate of drug-likeness (QED) is 0.764. The fraction of sp³-hybridized carbons (Fsp3) is 0.923. The first-order valence-electron chi connectivity index (χ1n) is 6.48. The first-order valence-corrected chi connectivity index (χ1v) is 6.48. The molecule has 0 radical (unpaired) electrons. The first kappa shape index (κ1) is 14.5. The van der Waals surface area contributed by atoms with Crippen molar-refractivity contribution in [2.75, 3.05) is 20.7 Å². The van der Waals surface area contributed by atoms with E-state index in [1.807, 2.05) is 0 Å². The predicted octanol–water partition coefficient (Wildman–Crippen LogP) is 1.31. The summed E-state index contributed by atoms with van der Waals surface area (Å²) >= 11 is 0. The SMILES string of the molecule is CNC(=O)C1CC(CCC(C)(C)OC)CCN1. The van der Waals surface area contributed by atoms with E-state index in [0.29, 0.717) is 5.92 Å². The summed E-state index contributed by atoms with van der Waals surface area (Å²) in [5, 5.41) is 5.98. The molecule has 1 rings (SSSR count). The fourth-order valence-corrected chi connectivity index (χ4v) is 2.29. The average molecular weight is 242 g/mol. The second-order valence-electron chi connectivity index (χ2n) is 5.51. The monoisotopic (exact) mass is 242 g/mol. The van der Waals surface area contributed by atoms with Crippen molar-refractivity contribution in [1.82, 2.24) is 10.6 Å². The maximum absolute atomic E-state index is 11.6. The Morgan fingerprint density at radius 3 is 2.82 bits per heavy atom. The van der Waals surface area contributed by atoms with Gasteiger partial charge in [0, 0.05) is 14.2 Å². The van der Waals surface area contributed by atoms with Crippen LogP contribution in [0.1, 0.15) is 39.5 Å². The van der Waals surface area contributed by atoms with Crippen molar-refractivity contribution in [3.63, 3.8) is 0 Å². The molecule has 4 nitrogen and oxygen atoms in total. The van der Waals surface area contributed by atoms with Gasteiger partial charge in [-0.2, -0.15) is 0 Å². The minimum Gasteiger partial charge on any atom is -0.379 e. The Morgan fingerprint density at radius 2 is 2.24 bits per heavy atom. The van der Waals surface area contributed by atoms with E-state index < -0.39 is 0 Å². The van der Waals surface area contributed by atoms with E-state index >= 15 is 0 Å². The fourth-order valence-electron chi connectivity index (χ4n) is 2.29. The zero-order chi connectivity index (χ0) is 12.9. The highest BCUT2D eigenvalue weighted by Gasteiger charge is 2.27. The van der Waals surface area contributed by atoms with Gasteiger partial charge in [-0.1, -0.05) is 0 Å². The number of piperidine rings is 1. The van der Waals surface area contributed by atoms with Gasteiger partial charge in [0.05, 0.1) is 11.6 Å². The summed E-state index contributed by atoms with van der Waals surface area (Å²) in [5.41, 5.74) is -0.0482. The molecule has 2 atom stereocenters. The molecule has 0 saturated carbocycles. The van der Waals surface area contributed by atoms with Crippen molar-refractivity contribution in [1.29, 1.82) is 0 Å². The Morgan fingerprint density at radius 1 is 1.53 bits per heavy atom. The predicted molar refractivity (Wildman–Crippen MR) is 68.9 cm³/mol. The Balaban J connectivity index is 2.37. The van der Waals surface area contributed by atoms with Crippen molar-refractivity contribution in [2.24, 2.45) is 5.92 Å². The molecular formula is C13H26N2O2. The number of rotatable bonds is 5. The Bertz CT molecular complexity index is 254. The highest BCUT2D eigenvalue weighted by Crippen LogP contribution is 2.26. The lowest BCUT2D eigenvalue weighted by atomic mass is 9.85. The minimum absolute atomic E-state index is 0.00981. The number of nitrogens with one attached hydrogen (secondary N) is 2. The number of ether oxygens (including phenoxy) is 1. The van der Waals surface area contributed by atoms with E-state index in [2.05, 4.69) is 24.5 Å². The average Bonchev–Trinajstić information content (AvgIpc) is 2.36. The number of amides is 1. The van der Waals surface area contributed by atoms with Crippen LogP contribution in [-0.2, 0) is 9.53 Å². The first-order chi connectivity index (χ1) is 7.98. The van der Waals surface area contributed by atoms with E-state index in [9.17, 15) is 4.79 Å². The highest BCUT2D eigenvalue weighted by molar-refractivity contribution is 5.81. The normalized spacial score (nSPS) is 25.6. The van der Waals surface area contributed by atoms with Gasteiger partial charge in [0.2, 0.25) is 5.91 Å². The molecule has 100 valence electrons. The van der Waals surface area contributed by atoms with Crippen LogP contribution in [0, 0.1) is 5.92 Å². The third-order valence-electron chi connectivity index (χ3n) is 3.78. The molecule has 0 aliphatic carbocycles. The number of hydrogen-bond donors (Lipinski definition) is 2. The van der Waals surface area contributed by atoms with Crippen molar-refractivity contribution < 1.29 is 9.53 Å². The second-order valence-corrected chi connectivity index (χ2v) is 5.51. The molecule has 1 fully saturated rings. The summed E-state index contributed by atoms with van der Waals surface area (Å²) in [5.74, 6) is 0.744. The summed E-state index contributed by atoms with van der Waals surface area (Å²) in [4.78, 5) is 11.6. The zero-order valence-electron chi connectivity index (χ0n) is 11.5. The van der Waals surface area contributed by atoms with E-state index in [1.54, 1.807) is 14.2 Å². The van der Waals surface area contributed by atoms with Crippen LogP contribution >= 0.6 is 0 Å². The molecule has 2 unspecified atom stereocenters. The number of carbonyl (C=O) groups is 1. The van der Waals surface area contributed by atoms with Gasteiger partial charge in [-0.15, -0.1) is 0 Å². The van der Waals surface area contributed by atoms with Gasteiger partial charge in [-0.25, -0.2) is 0 Å². The van der Waals surface area contributed by atoms with E-state index in [4.69, 9.17) is 4.74 Å². The molecule has 1 aliphatic rings. The Kier molecular flexibility index (Phi) is 5.40. The van der Waals surface area contributed by atoms with Gasteiger partial charge in [0.1, 0.15) is 0 Å². The van der Waals surface area contributed by atoms with Gasteiger partial charge in [-0.05, 0) is 52.0 Å². The van der Waals surface area contributed by atoms with Crippen molar-refractivity contribution in [3.8, 4) is 0 Å². The van der Waals surface area contributed by atoms with Crippen LogP contribution in [-0.4, -0.2) is 38.3 Å². The smallest absolute Gasteiger partial charge is 0.236 e. The van der Waals surface area contributed by atoms with Gasteiger partial charge < -0.3 is 15.4 Å². The topological polar surface area (TPSA) is 50.4 Å². The lowest BCUT2D eigenvalue weighted by molar-refractivity contribution is -0.123. The number of carbonyl (C=O) groups excluding carboxylic acids is 1.